The van der Waals surface area contributed by atoms with Crippen LogP contribution in [0, 0.1) is 0 Å². The van der Waals surface area contributed by atoms with Crippen LogP contribution in [0.1, 0.15) is 11.6 Å². The number of guanidine groups is 1. The molecule has 0 spiro atoms. The number of halogens is 3. The summed E-state index contributed by atoms with van der Waals surface area (Å²) in [7, 11) is 0. The molecule has 2 aromatic rings. The van der Waals surface area contributed by atoms with Gasteiger partial charge in [0.1, 0.15) is 0 Å². The molecule has 6 heteroatoms. The maximum atomic E-state index is 6.33. The first kappa shape index (κ1) is 14.7. The lowest BCUT2D eigenvalue weighted by Crippen LogP contribution is -2.36. The third-order valence-electron chi connectivity index (χ3n) is 3.41. The van der Waals surface area contributed by atoms with Crippen molar-refractivity contribution < 1.29 is 0 Å². The maximum absolute atomic E-state index is 6.33. The molecule has 3 rings (SSSR count). The molecular formula is C15H12BrCl2N3. The highest BCUT2D eigenvalue weighted by molar-refractivity contribution is 9.10. The number of anilines is 1. The summed E-state index contributed by atoms with van der Waals surface area (Å²) in [6.45, 7) is 0.549. The molecule has 0 fully saturated rings. The van der Waals surface area contributed by atoms with Crippen LogP contribution in [0.3, 0.4) is 0 Å². The quantitative estimate of drug-likeness (QED) is 0.819. The van der Waals surface area contributed by atoms with Crippen molar-refractivity contribution >= 4 is 50.8 Å². The van der Waals surface area contributed by atoms with Crippen LogP contribution in [0.2, 0.25) is 10.0 Å². The van der Waals surface area contributed by atoms with Gasteiger partial charge < -0.3 is 10.6 Å². The zero-order valence-electron chi connectivity index (χ0n) is 10.9. The minimum Gasteiger partial charge on any atom is -0.369 e. The molecule has 0 saturated carbocycles. The van der Waals surface area contributed by atoms with Gasteiger partial charge in [0, 0.05) is 14.5 Å². The Kier molecular flexibility index (Phi) is 4.11. The SMILES string of the molecule is NC1=NCC(c2cc(Cl)ccc2Cl)N1c1ccccc1Br. The molecule has 0 saturated heterocycles. The molecule has 2 aromatic carbocycles. The Labute approximate surface area is 141 Å². The summed E-state index contributed by atoms with van der Waals surface area (Å²) in [4.78, 5) is 6.34. The van der Waals surface area contributed by atoms with Crippen molar-refractivity contribution in [3.05, 3.63) is 62.5 Å². The highest BCUT2D eigenvalue weighted by atomic mass is 79.9. The molecule has 0 radical (unpaired) electrons. The summed E-state index contributed by atoms with van der Waals surface area (Å²) in [6, 6.07) is 13.3. The van der Waals surface area contributed by atoms with E-state index in [4.69, 9.17) is 28.9 Å². The average molecular weight is 385 g/mol. The van der Waals surface area contributed by atoms with Gasteiger partial charge in [-0.3, -0.25) is 4.99 Å². The van der Waals surface area contributed by atoms with Crippen LogP contribution < -0.4 is 10.6 Å². The minimum atomic E-state index is -0.0603. The van der Waals surface area contributed by atoms with Crippen molar-refractivity contribution in [2.45, 2.75) is 6.04 Å². The smallest absolute Gasteiger partial charge is 0.196 e. The largest absolute Gasteiger partial charge is 0.369 e. The molecule has 1 aliphatic heterocycles. The number of hydrogen-bond donors (Lipinski definition) is 1. The van der Waals surface area contributed by atoms with Crippen LogP contribution in [0.25, 0.3) is 0 Å². The zero-order chi connectivity index (χ0) is 15.0. The summed E-state index contributed by atoms with van der Waals surface area (Å²) in [5, 5.41) is 1.30. The van der Waals surface area contributed by atoms with E-state index in [0.717, 1.165) is 15.7 Å². The summed E-state index contributed by atoms with van der Waals surface area (Å²) in [5.74, 6) is 0.475. The summed E-state index contributed by atoms with van der Waals surface area (Å²) in [6.07, 6.45) is 0. The Morgan fingerprint density at radius 2 is 1.95 bits per heavy atom. The third-order valence-corrected chi connectivity index (χ3v) is 4.66. The number of benzene rings is 2. The second kappa shape index (κ2) is 5.87. The van der Waals surface area contributed by atoms with E-state index in [1.165, 1.54) is 0 Å². The first-order valence-corrected chi connectivity index (χ1v) is 7.91. The lowest BCUT2D eigenvalue weighted by molar-refractivity contribution is 0.768. The molecule has 3 nitrogen and oxygen atoms in total. The molecule has 0 amide bonds. The summed E-state index contributed by atoms with van der Waals surface area (Å²) < 4.78 is 0.952. The molecule has 0 aromatic heterocycles. The predicted molar refractivity (Wildman–Crippen MR) is 92.3 cm³/mol. The van der Waals surface area contributed by atoms with Crippen molar-refractivity contribution in [1.29, 1.82) is 0 Å². The highest BCUT2D eigenvalue weighted by Crippen LogP contribution is 2.38. The van der Waals surface area contributed by atoms with Gasteiger partial charge in [-0.05, 0) is 51.8 Å². The average Bonchev–Trinajstić information content (AvgIpc) is 2.84. The monoisotopic (exact) mass is 383 g/mol. The van der Waals surface area contributed by atoms with E-state index < -0.39 is 0 Å². The molecular weight excluding hydrogens is 373 g/mol. The van der Waals surface area contributed by atoms with E-state index in [9.17, 15) is 0 Å². The van der Waals surface area contributed by atoms with Crippen LogP contribution >= 0.6 is 39.1 Å². The first-order valence-electron chi connectivity index (χ1n) is 6.36. The fourth-order valence-corrected chi connectivity index (χ4v) is 3.34. The number of hydrogen-bond acceptors (Lipinski definition) is 3. The van der Waals surface area contributed by atoms with Gasteiger partial charge in [-0.1, -0.05) is 35.3 Å². The number of para-hydroxylation sites is 1. The van der Waals surface area contributed by atoms with Crippen LogP contribution in [0.5, 0.6) is 0 Å². The highest BCUT2D eigenvalue weighted by Gasteiger charge is 2.31. The maximum Gasteiger partial charge on any atom is 0.196 e. The predicted octanol–water partition coefficient (Wildman–Crippen LogP) is 4.63. The third kappa shape index (κ3) is 2.76. The number of nitrogens with two attached hydrogens (primary N) is 1. The van der Waals surface area contributed by atoms with Crippen LogP contribution in [0.4, 0.5) is 5.69 Å². The minimum absolute atomic E-state index is 0.0603. The standard InChI is InChI=1S/C15H12BrCl2N3/c16-11-3-1-2-4-13(11)21-14(8-20-15(21)19)10-7-9(17)5-6-12(10)18/h1-7,14H,8H2,(H2,19,20). The lowest BCUT2D eigenvalue weighted by atomic mass is 10.1. The topological polar surface area (TPSA) is 41.6 Å². The van der Waals surface area contributed by atoms with E-state index >= 15 is 0 Å². The van der Waals surface area contributed by atoms with Gasteiger partial charge in [-0.2, -0.15) is 0 Å². The van der Waals surface area contributed by atoms with Gasteiger partial charge in [-0.25, -0.2) is 0 Å². The van der Waals surface area contributed by atoms with Gasteiger partial charge >= 0.3 is 0 Å². The Bertz CT molecular complexity index is 718. The van der Waals surface area contributed by atoms with E-state index in [-0.39, 0.29) is 6.04 Å². The van der Waals surface area contributed by atoms with Crippen LogP contribution in [-0.4, -0.2) is 12.5 Å². The summed E-state index contributed by atoms with van der Waals surface area (Å²) >= 11 is 16.0. The van der Waals surface area contributed by atoms with Crippen molar-refractivity contribution in [2.24, 2.45) is 10.7 Å². The fourth-order valence-electron chi connectivity index (χ4n) is 2.44. The van der Waals surface area contributed by atoms with E-state index in [1.807, 2.05) is 35.2 Å². The Morgan fingerprint density at radius 1 is 1.19 bits per heavy atom. The number of rotatable bonds is 2. The number of nitrogens with zero attached hydrogens (tertiary/aromatic N) is 2. The molecule has 1 heterocycles. The van der Waals surface area contributed by atoms with E-state index in [0.29, 0.717) is 22.5 Å². The molecule has 21 heavy (non-hydrogen) atoms. The number of aliphatic imine (C=N–C) groups is 1. The molecule has 1 aliphatic rings. The molecule has 0 aliphatic carbocycles. The van der Waals surface area contributed by atoms with E-state index in [2.05, 4.69) is 20.9 Å². The van der Waals surface area contributed by atoms with Gasteiger partial charge in [0.15, 0.2) is 5.96 Å². The van der Waals surface area contributed by atoms with Crippen molar-refractivity contribution in [2.75, 3.05) is 11.4 Å². The molecule has 0 bridgehead atoms. The zero-order valence-corrected chi connectivity index (χ0v) is 14.0. The molecule has 108 valence electrons. The van der Waals surface area contributed by atoms with Gasteiger partial charge in [0.25, 0.3) is 0 Å². The normalized spacial score (nSPS) is 18.0. The molecule has 1 atom stereocenters. The van der Waals surface area contributed by atoms with Crippen molar-refractivity contribution in [3.63, 3.8) is 0 Å². The second-order valence-corrected chi connectivity index (χ2v) is 6.40. The van der Waals surface area contributed by atoms with Gasteiger partial charge in [0.2, 0.25) is 0 Å². The van der Waals surface area contributed by atoms with Crippen LogP contribution in [-0.2, 0) is 0 Å². The van der Waals surface area contributed by atoms with Gasteiger partial charge in [-0.15, -0.1) is 0 Å². The Morgan fingerprint density at radius 3 is 2.71 bits per heavy atom. The molecule has 1 unspecified atom stereocenters. The van der Waals surface area contributed by atoms with E-state index in [1.54, 1.807) is 12.1 Å². The molecule has 2 N–H and O–H groups in total. The fraction of sp³-hybridized carbons (Fsp3) is 0.133. The Hall–Kier alpha value is -1.23. The van der Waals surface area contributed by atoms with Crippen molar-refractivity contribution in [3.8, 4) is 0 Å². The van der Waals surface area contributed by atoms with Gasteiger partial charge in [0.05, 0.1) is 18.3 Å². The Balaban J connectivity index is 2.07. The first-order chi connectivity index (χ1) is 10.1. The lowest BCUT2D eigenvalue weighted by Gasteiger charge is -2.28. The van der Waals surface area contributed by atoms with Crippen LogP contribution in [0.15, 0.2) is 51.9 Å². The summed E-state index contributed by atoms with van der Waals surface area (Å²) in [5.41, 5.74) is 7.95. The second-order valence-electron chi connectivity index (χ2n) is 4.70. The van der Waals surface area contributed by atoms with Crippen molar-refractivity contribution in [1.82, 2.24) is 0 Å².